The van der Waals surface area contributed by atoms with Gasteiger partial charge in [-0.25, -0.2) is 9.13 Å². The van der Waals surface area contributed by atoms with Crippen molar-refractivity contribution in [2.45, 2.75) is 26.9 Å². The van der Waals surface area contributed by atoms with Gasteiger partial charge in [0.25, 0.3) is 5.91 Å². The lowest BCUT2D eigenvalue weighted by Gasteiger charge is -2.22. The lowest BCUT2D eigenvalue weighted by molar-refractivity contribution is 0.0715. The van der Waals surface area contributed by atoms with Crippen LogP contribution >= 0.6 is 28.4 Å². The molecule has 6 rings (SSSR count). The number of ether oxygens (including phenoxy) is 1. The maximum atomic E-state index is 13.6. The van der Waals surface area contributed by atoms with Crippen LogP contribution in [0.25, 0.3) is 44.3 Å². The summed E-state index contributed by atoms with van der Waals surface area (Å²) in [6, 6.07) is 8.17. The number of amides is 1. The molecule has 10 nitrogen and oxygen atoms in total. The third-order valence-corrected chi connectivity index (χ3v) is 8.71. The Labute approximate surface area is 228 Å². The summed E-state index contributed by atoms with van der Waals surface area (Å²) in [7, 11) is 5.50. The zero-order chi connectivity index (χ0) is 26.2. The minimum absolute atomic E-state index is 0.156. The predicted molar refractivity (Wildman–Crippen MR) is 154 cm³/mol. The molecule has 1 aromatic carbocycles. The Morgan fingerprint density at radius 3 is 2.54 bits per heavy atom. The van der Waals surface area contributed by atoms with Gasteiger partial charge >= 0.3 is 0 Å². The van der Waals surface area contributed by atoms with Crippen LogP contribution < -0.4 is 4.74 Å². The largest absolute Gasteiger partial charge is 0.472 e. The summed E-state index contributed by atoms with van der Waals surface area (Å²) in [5.41, 5.74) is 7.42. The van der Waals surface area contributed by atoms with Crippen molar-refractivity contribution in [1.29, 1.82) is 0 Å². The lowest BCUT2D eigenvalue weighted by Crippen LogP contribution is -2.36. The number of aromatic nitrogens is 7. The Hall–Kier alpha value is -3.05. The zero-order valence-corrected chi connectivity index (χ0v) is 24.5. The van der Waals surface area contributed by atoms with Gasteiger partial charge in [0.05, 0.1) is 46.6 Å². The van der Waals surface area contributed by atoms with Gasteiger partial charge in [-0.15, -0.1) is 0 Å². The Morgan fingerprint density at radius 1 is 1.00 bits per heavy atom. The van der Waals surface area contributed by atoms with E-state index in [1.807, 2.05) is 57.5 Å². The standard InChI is InChI=1S/C25H26IN8O2P/c1-12-11-31(4)24(35)22-16-9-15(7-8-19(16)32(5)29-22)21-17-10-18(20-13(2)28-33(6)25(20)36-12)27-14(3)23(17)34(30-21)37-26/h7-10,12,37H,11H2,1-6H3. The molecule has 4 bridgehead atoms. The van der Waals surface area contributed by atoms with Crippen LogP contribution in [0.2, 0.25) is 0 Å². The molecule has 5 heterocycles. The molecule has 1 amide bonds. The maximum absolute atomic E-state index is 13.6. The highest BCUT2D eigenvalue weighted by Crippen LogP contribution is 2.41. The van der Waals surface area contributed by atoms with Gasteiger partial charge < -0.3 is 9.64 Å². The van der Waals surface area contributed by atoms with Crippen molar-refractivity contribution >= 4 is 56.1 Å². The summed E-state index contributed by atoms with van der Waals surface area (Å²) >= 11 is 2.34. The first-order valence-electron chi connectivity index (χ1n) is 11.9. The molecule has 37 heavy (non-hydrogen) atoms. The van der Waals surface area contributed by atoms with E-state index in [0.29, 0.717) is 24.5 Å². The molecule has 1 aliphatic heterocycles. The zero-order valence-electron chi connectivity index (χ0n) is 21.4. The predicted octanol–water partition coefficient (Wildman–Crippen LogP) is 4.65. The van der Waals surface area contributed by atoms with Gasteiger partial charge in [0.1, 0.15) is 11.8 Å². The van der Waals surface area contributed by atoms with E-state index >= 15 is 0 Å². The molecule has 2 unspecified atom stereocenters. The van der Waals surface area contributed by atoms with Crippen molar-refractivity contribution in [2.75, 3.05) is 13.6 Å². The van der Waals surface area contributed by atoms with E-state index in [0.717, 1.165) is 55.7 Å². The van der Waals surface area contributed by atoms with Crippen LogP contribution in [0.3, 0.4) is 0 Å². The molecule has 12 heteroatoms. The molecule has 0 spiro atoms. The van der Waals surface area contributed by atoms with Crippen molar-refractivity contribution in [3.8, 4) is 28.4 Å². The van der Waals surface area contributed by atoms with Gasteiger partial charge in [-0.1, -0.05) is 6.07 Å². The van der Waals surface area contributed by atoms with Crippen LogP contribution in [0.4, 0.5) is 0 Å². The molecule has 0 saturated carbocycles. The van der Waals surface area contributed by atoms with E-state index < -0.39 is 0 Å². The van der Waals surface area contributed by atoms with E-state index in [4.69, 9.17) is 14.8 Å². The minimum atomic E-state index is -0.290. The minimum Gasteiger partial charge on any atom is -0.472 e. The fourth-order valence-corrected chi connectivity index (χ4v) is 6.79. The van der Waals surface area contributed by atoms with E-state index in [9.17, 15) is 4.79 Å². The van der Waals surface area contributed by atoms with Gasteiger partial charge in [0, 0.05) is 37.5 Å². The Kier molecular flexibility index (Phi) is 5.76. The summed E-state index contributed by atoms with van der Waals surface area (Å²) < 4.78 is 11.9. The van der Waals surface area contributed by atoms with E-state index in [-0.39, 0.29) is 12.0 Å². The molecule has 0 fully saturated rings. The number of carbonyl (C=O) groups is 1. The monoisotopic (exact) mass is 628 g/mol. The molecule has 5 aromatic rings. The number of rotatable bonds is 1. The summed E-state index contributed by atoms with van der Waals surface area (Å²) in [6.07, 6.45) is 0.117. The van der Waals surface area contributed by atoms with Gasteiger partial charge in [0.15, 0.2) is 5.69 Å². The second-order valence-electron chi connectivity index (χ2n) is 9.54. The van der Waals surface area contributed by atoms with Crippen LogP contribution in [0.5, 0.6) is 5.88 Å². The van der Waals surface area contributed by atoms with Crippen LogP contribution in [0.1, 0.15) is 28.8 Å². The number of halogens is 1. The molecule has 0 N–H and O–H groups in total. The molecule has 4 aromatic heterocycles. The third-order valence-electron chi connectivity index (χ3n) is 6.86. The second-order valence-corrected chi connectivity index (χ2v) is 11.6. The topological polar surface area (TPSA) is 95.9 Å². The number of aryl methyl sites for hydroxylation is 4. The molecule has 2 atom stereocenters. The normalized spacial score (nSPS) is 16.2. The third kappa shape index (κ3) is 3.73. The molecule has 0 aliphatic carbocycles. The van der Waals surface area contributed by atoms with Crippen LogP contribution in [0, 0.1) is 13.8 Å². The van der Waals surface area contributed by atoms with E-state index in [1.165, 1.54) is 0 Å². The highest BCUT2D eigenvalue weighted by molar-refractivity contribution is 14.2. The van der Waals surface area contributed by atoms with E-state index in [2.05, 4.69) is 38.3 Å². The Bertz CT molecular complexity index is 1740. The number of fused-ring (bicyclic) bond motifs is 5. The van der Waals surface area contributed by atoms with Gasteiger partial charge in [-0.05, 0) is 61.0 Å². The van der Waals surface area contributed by atoms with Crippen LogP contribution in [-0.4, -0.2) is 64.6 Å². The van der Waals surface area contributed by atoms with Gasteiger partial charge in [-0.2, -0.15) is 15.3 Å². The highest BCUT2D eigenvalue weighted by Gasteiger charge is 2.27. The average molecular weight is 628 g/mol. The van der Waals surface area contributed by atoms with Crippen molar-refractivity contribution in [2.24, 2.45) is 14.1 Å². The van der Waals surface area contributed by atoms with Crippen LogP contribution in [0.15, 0.2) is 24.3 Å². The first kappa shape index (κ1) is 24.3. The average Bonchev–Trinajstić information content (AvgIpc) is 3.48. The number of benzene rings is 1. The smallest absolute Gasteiger partial charge is 0.274 e. The van der Waals surface area contributed by atoms with Crippen LogP contribution in [-0.2, 0) is 14.1 Å². The quantitative estimate of drug-likeness (QED) is 0.198. The first-order chi connectivity index (χ1) is 17.7. The molecule has 0 radical (unpaired) electrons. The van der Waals surface area contributed by atoms with Gasteiger partial charge in [0.2, 0.25) is 5.88 Å². The number of nitrogens with zero attached hydrogens (tertiary/aromatic N) is 8. The molecule has 190 valence electrons. The molecular weight excluding hydrogens is 602 g/mol. The summed E-state index contributed by atoms with van der Waals surface area (Å²) in [4.78, 5) is 20.2. The van der Waals surface area contributed by atoms with E-state index in [1.54, 1.807) is 21.3 Å². The molecule has 1 aliphatic rings. The Balaban J connectivity index is 1.72. The van der Waals surface area contributed by atoms with Gasteiger partial charge in [-0.3, -0.25) is 14.5 Å². The van der Waals surface area contributed by atoms with Crippen molar-refractivity contribution in [1.82, 2.24) is 39.0 Å². The number of pyridine rings is 1. The number of likely N-dealkylation sites (N-methyl/N-ethyl adjacent to an activating group) is 1. The fraction of sp³-hybridized carbons (Fsp3) is 0.320. The van der Waals surface area contributed by atoms with Crippen molar-refractivity contribution in [3.05, 3.63) is 41.3 Å². The van der Waals surface area contributed by atoms with Crippen molar-refractivity contribution < 1.29 is 9.53 Å². The SMILES string of the molecule is Cc1nn(C)c2c1-c1cc3c(nn(PI)c3c(C)n1)-c1ccc3c(c1)c(nn3C)C(=O)N(C)CC(C)O2. The number of carbonyl (C=O) groups excluding carboxylic acids is 1. The van der Waals surface area contributed by atoms with Crippen molar-refractivity contribution in [3.63, 3.8) is 0 Å². The summed E-state index contributed by atoms with van der Waals surface area (Å²) in [5.74, 6) is 0.467. The summed E-state index contributed by atoms with van der Waals surface area (Å²) in [5, 5.41) is 16.0. The molecule has 0 saturated heterocycles. The Morgan fingerprint density at radius 2 is 1.78 bits per heavy atom. The first-order valence-corrected chi connectivity index (χ1v) is 15.9. The second kappa shape index (κ2) is 8.76. The highest BCUT2D eigenvalue weighted by atomic mass is 127. The maximum Gasteiger partial charge on any atom is 0.274 e. The fourth-order valence-electron chi connectivity index (χ4n) is 5.24. The molecular formula is C25H26IN8O2P. The number of hydrogen-bond acceptors (Lipinski definition) is 6. The summed E-state index contributed by atoms with van der Waals surface area (Å²) in [6.45, 7) is 6.32. The number of hydrogen-bond donors (Lipinski definition) is 0. The lowest BCUT2D eigenvalue weighted by atomic mass is 10.0.